The summed E-state index contributed by atoms with van der Waals surface area (Å²) >= 11 is 14.5. The molecule has 3 aromatic rings. The van der Waals surface area contributed by atoms with Crippen LogP contribution in [0.1, 0.15) is 0 Å². The number of benzene rings is 3. The molecule has 3 nitrogen and oxygen atoms in total. The first-order valence-electron chi connectivity index (χ1n) is 6.96. The van der Waals surface area contributed by atoms with Crippen LogP contribution in [0.3, 0.4) is 0 Å². The predicted molar refractivity (Wildman–Crippen MR) is 109 cm³/mol. The molecule has 0 radical (unpaired) electrons. The number of nitrogen functional groups attached to an aromatic ring is 3. The fraction of sp³-hybridized carbons (Fsp3) is 0. The molecule has 3 aromatic carbocycles. The van der Waals surface area contributed by atoms with E-state index in [-0.39, 0.29) is 32.7 Å². The van der Waals surface area contributed by atoms with Gasteiger partial charge in [-0.3, -0.25) is 0 Å². The monoisotopic (exact) mass is 461 g/mol. The molecule has 0 saturated carbocycles. The van der Waals surface area contributed by atoms with Crippen LogP contribution in [-0.2, 0) is 70.6 Å². The summed E-state index contributed by atoms with van der Waals surface area (Å²) in [6, 6.07) is 22.0. The topological polar surface area (TPSA) is 78.1 Å². The van der Waals surface area contributed by atoms with Crippen LogP contribution in [0.25, 0.3) is 0 Å². The maximum atomic E-state index is 5.42. The Hall–Kier alpha value is -1.18. The Balaban J connectivity index is 0.000000339. The van der Waals surface area contributed by atoms with Gasteiger partial charge in [-0.25, -0.2) is 0 Å². The summed E-state index contributed by atoms with van der Waals surface area (Å²) in [5.74, 6) is 0. The van der Waals surface area contributed by atoms with Crippen molar-refractivity contribution in [1.82, 2.24) is 0 Å². The zero-order valence-electron chi connectivity index (χ0n) is 13.5. The molecule has 0 unspecified atom stereocenters. The van der Waals surface area contributed by atoms with Crippen LogP contribution in [0.2, 0.25) is 0 Å². The normalized spacial score (nSPS) is 8.64. The van der Waals surface area contributed by atoms with Crippen molar-refractivity contribution in [3.8, 4) is 0 Å². The molecule has 0 fully saturated rings. The van der Waals surface area contributed by atoms with E-state index in [9.17, 15) is 0 Å². The van der Waals surface area contributed by atoms with Gasteiger partial charge in [-0.15, -0.1) is 0 Å². The molecule has 0 aromatic heterocycles. The summed E-state index contributed by atoms with van der Waals surface area (Å²) in [5, 5.41) is 0. The van der Waals surface area contributed by atoms with Gasteiger partial charge in [0.05, 0.1) is 0 Å². The van der Waals surface area contributed by atoms with Crippen LogP contribution in [0.4, 0.5) is 17.1 Å². The Morgan fingerprint density at radius 2 is 0.640 bits per heavy atom. The first-order valence-corrected chi connectivity index (χ1v) is 8.19. The number of hydrogen-bond donors (Lipinski definition) is 3. The fourth-order valence-corrected chi connectivity index (χ4v) is 1.88. The van der Waals surface area contributed by atoms with Crippen LogP contribution in [0.15, 0.2) is 87.5 Å². The molecule has 0 atom stereocenters. The molecule has 0 amide bonds. The molecule has 0 aliphatic carbocycles. The van der Waals surface area contributed by atoms with Gasteiger partial charge in [-0.1, -0.05) is 54.6 Å². The third kappa shape index (κ3) is 9.77. The zero-order valence-corrected chi connectivity index (χ0v) is 18.8. The maximum absolute atomic E-state index is 5.42. The summed E-state index contributed by atoms with van der Waals surface area (Å²) in [6.45, 7) is 0. The molecule has 0 bridgehead atoms. The Labute approximate surface area is 190 Å². The minimum atomic E-state index is 0. The van der Waals surface area contributed by atoms with Crippen molar-refractivity contribution in [1.29, 1.82) is 0 Å². The first kappa shape index (κ1) is 23.8. The molecule has 126 valence electrons. The minimum absolute atomic E-state index is 0. The SMILES string of the molecule is Nc1ccccc1[S-].Nc1ccccc1[S-].Nc1ccccc1[S-].[Y+3]. The largest absolute Gasteiger partial charge is 3.00 e. The van der Waals surface area contributed by atoms with E-state index in [1.165, 1.54) is 0 Å². The van der Waals surface area contributed by atoms with Crippen LogP contribution < -0.4 is 17.2 Å². The van der Waals surface area contributed by atoms with E-state index in [0.29, 0.717) is 17.1 Å². The Morgan fingerprint density at radius 3 is 0.760 bits per heavy atom. The van der Waals surface area contributed by atoms with Gasteiger partial charge in [-0.05, 0) is 18.2 Å². The van der Waals surface area contributed by atoms with Crippen molar-refractivity contribution >= 4 is 54.9 Å². The smallest absolute Gasteiger partial charge is 0.778 e. The van der Waals surface area contributed by atoms with Crippen LogP contribution in [-0.4, -0.2) is 0 Å². The maximum Gasteiger partial charge on any atom is 3.00 e. The minimum Gasteiger partial charge on any atom is -0.778 e. The van der Waals surface area contributed by atoms with E-state index in [2.05, 4.69) is 0 Å². The van der Waals surface area contributed by atoms with Crippen LogP contribution in [0, 0.1) is 0 Å². The number of anilines is 3. The average Bonchev–Trinajstić information content (AvgIpc) is 2.57. The molecule has 6 N–H and O–H groups in total. The van der Waals surface area contributed by atoms with Crippen molar-refractivity contribution in [3.05, 3.63) is 72.8 Å². The standard InChI is InChI=1S/3C6H7NS.Y/c3*7-5-3-1-2-4-6(5)8;/h3*1-4,8H,7H2;/q;;;+3/p-3. The zero-order chi connectivity index (χ0) is 17.9. The molecule has 0 aliphatic heterocycles. The van der Waals surface area contributed by atoms with Gasteiger partial charge in [0.15, 0.2) is 0 Å². The summed E-state index contributed by atoms with van der Waals surface area (Å²) in [5.41, 5.74) is 18.3. The van der Waals surface area contributed by atoms with E-state index < -0.39 is 0 Å². The predicted octanol–water partition coefficient (Wildman–Crippen LogP) is 3.52. The average molecular weight is 461 g/mol. The quantitative estimate of drug-likeness (QED) is 0.351. The van der Waals surface area contributed by atoms with E-state index in [1.807, 2.05) is 54.6 Å². The van der Waals surface area contributed by atoms with Crippen molar-refractivity contribution in [2.24, 2.45) is 0 Å². The molecule has 25 heavy (non-hydrogen) atoms. The molecule has 0 saturated heterocycles. The van der Waals surface area contributed by atoms with Gasteiger partial charge in [0.1, 0.15) is 0 Å². The van der Waals surface area contributed by atoms with Gasteiger partial charge < -0.3 is 55.1 Å². The summed E-state index contributed by atoms with van der Waals surface area (Å²) in [6.07, 6.45) is 0. The number of para-hydroxylation sites is 3. The van der Waals surface area contributed by atoms with Crippen LogP contribution in [0.5, 0.6) is 0 Å². The Bertz CT molecular complexity index is 603. The Morgan fingerprint density at radius 1 is 0.440 bits per heavy atom. The van der Waals surface area contributed by atoms with Gasteiger partial charge in [0.25, 0.3) is 0 Å². The number of rotatable bonds is 0. The second-order valence-corrected chi connectivity index (χ2v) is 5.93. The molecule has 0 spiro atoms. The summed E-state index contributed by atoms with van der Waals surface area (Å²) in [4.78, 5) is 2.19. The van der Waals surface area contributed by atoms with E-state index in [0.717, 1.165) is 14.7 Å². The van der Waals surface area contributed by atoms with Crippen LogP contribution >= 0.6 is 0 Å². The van der Waals surface area contributed by atoms with E-state index in [1.54, 1.807) is 18.2 Å². The van der Waals surface area contributed by atoms with Crippen molar-refractivity contribution < 1.29 is 32.7 Å². The molecule has 0 heterocycles. The fourth-order valence-electron chi connectivity index (χ4n) is 1.44. The Kier molecular flexibility index (Phi) is 12.5. The first-order chi connectivity index (χ1) is 11.4. The van der Waals surface area contributed by atoms with E-state index >= 15 is 0 Å². The van der Waals surface area contributed by atoms with Gasteiger partial charge in [0, 0.05) is 17.1 Å². The molecule has 3 rings (SSSR count). The van der Waals surface area contributed by atoms with Gasteiger partial charge in [-0.2, -0.15) is 14.7 Å². The van der Waals surface area contributed by atoms with Crippen molar-refractivity contribution in [3.63, 3.8) is 0 Å². The molecule has 0 aliphatic rings. The van der Waals surface area contributed by atoms with E-state index in [4.69, 9.17) is 55.1 Å². The number of nitrogens with two attached hydrogens (primary N) is 3. The molecular weight excluding hydrogens is 443 g/mol. The number of hydrogen-bond acceptors (Lipinski definition) is 6. The molecular formula is C18H18N3S3Y. The second-order valence-electron chi connectivity index (χ2n) is 4.61. The third-order valence-electron chi connectivity index (χ3n) is 2.76. The third-order valence-corrected chi connectivity index (χ3v) is 3.87. The summed E-state index contributed by atoms with van der Waals surface area (Å²) < 4.78 is 0. The molecule has 7 heteroatoms. The van der Waals surface area contributed by atoms with Crippen molar-refractivity contribution in [2.45, 2.75) is 14.7 Å². The second kappa shape index (κ2) is 13.1. The van der Waals surface area contributed by atoms with Crippen molar-refractivity contribution in [2.75, 3.05) is 17.2 Å². The van der Waals surface area contributed by atoms with Gasteiger partial charge in [0.2, 0.25) is 0 Å². The van der Waals surface area contributed by atoms with Gasteiger partial charge >= 0.3 is 32.7 Å². The summed E-state index contributed by atoms with van der Waals surface area (Å²) in [7, 11) is 0.